The number of hydrogen-bond donors (Lipinski definition) is 1. The van der Waals surface area contributed by atoms with Crippen molar-refractivity contribution >= 4 is 0 Å². The second kappa shape index (κ2) is 5.82. The molecule has 0 aromatic heterocycles. The van der Waals surface area contributed by atoms with Crippen molar-refractivity contribution < 1.29 is 13.5 Å². The predicted octanol–water partition coefficient (Wildman–Crippen LogP) is 3.60. The zero-order chi connectivity index (χ0) is 14.8. The Morgan fingerprint density at radius 2 is 2.05 bits per heavy atom. The van der Waals surface area contributed by atoms with Gasteiger partial charge in [0.2, 0.25) is 0 Å². The topological polar surface area (TPSA) is 21.3 Å². The maximum Gasteiger partial charge on any atom is 0.128 e. The fraction of sp³-hybridized carbons (Fsp3) is 0.294. The first-order chi connectivity index (χ1) is 10.2. The van der Waals surface area contributed by atoms with Gasteiger partial charge in [-0.2, -0.15) is 0 Å². The molecule has 1 aliphatic rings. The summed E-state index contributed by atoms with van der Waals surface area (Å²) in [6.45, 7) is 3.22. The van der Waals surface area contributed by atoms with Crippen LogP contribution < -0.4 is 10.1 Å². The summed E-state index contributed by atoms with van der Waals surface area (Å²) in [7, 11) is 0. The zero-order valence-electron chi connectivity index (χ0n) is 11.8. The van der Waals surface area contributed by atoms with Gasteiger partial charge in [-0.15, -0.1) is 0 Å². The molecule has 21 heavy (non-hydrogen) atoms. The molecule has 0 radical (unpaired) electrons. The molecule has 2 aromatic carbocycles. The molecular weight excluding hydrogens is 272 g/mol. The van der Waals surface area contributed by atoms with Crippen LogP contribution in [0.2, 0.25) is 0 Å². The lowest BCUT2D eigenvalue weighted by Crippen LogP contribution is -2.23. The molecule has 0 bridgehead atoms. The minimum atomic E-state index is -0.442. The van der Waals surface area contributed by atoms with Gasteiger partial charge >= 0.3 is 0 Å². The van der Waals surface area contributed by atoms with E-state index in [0.29, 0.717) is 18.7 Å². The van der Waals surface area contributed by atoms with Gasteiger partial charge in [0.15, 0.2) is 0 Å². The highest BCUT2D eigenvalue weighted by Gasteiger charge is 2.25. The van der Waals surface area contributed by atoms with Gasteiger partial charge in [-0.1, -0.05) is 25.1 Å². The summed E-state index contributed by atoms with van der Waals surface area (Å²) in [5.74, 6) is -0.0622. The minimum absolute atomic E-state index is 0.306. The summed E-state index contributed by atoms with van der Waals surface area (Å²) in [6.07, 6.45) is 0.855. The largest absolute Gasteiger partial charge is 0.493 e. The smallest absolute Gasteiger partial charge is 0.128 e. The van der Waals surface area contributed by atoms with Gasteiger partial charge in [-0.3, -0.25) is 0 Å². The molecule has 1 aliphatic heterocycles. The summed E-state index contributed by atoms with van der Waals surface area (Å²) in [6, 6.07) is 8.98. The summed E-state index contributed by atoms with van der Waals surface area (Å²) in [4.78, 5) is 0. The zero-order valence-corrected chi connectivity index (χ0v) is 11.8. The van der Waals surface area contributed by atoms with E-state index >= 15 is 0 Å². The highest BCUT2D eigenvalue weighted by molar-refractivity contribution is 5.49. The molecule has 110 valence electrons. The second-order valence-electron chi connectivity index (χ2n) is 5.09. The lowest BCUT2D eigenvalue weighted by Gasteiger charge is -2.21. The lowest BCUT2D eigenvalue weighted by molar-refractivity contribution is 0.350. The van der Waals surface area contributed by atoms with Crippen molar-refractivity contribution in [2.24, 2.45) is 0 Å². The van der Waals surface area contributed by atoms with Crippen LogP contribution in [-0.4, -0.2) is 13.2 Å². The minimum Gasteiger partial charge on any atom is -0.493 e. The number of halogens is 2. The van der Waals surface area contributed by atoms with E-state index in [0.717, 1.165) is 29.4 Å². The van der Waals surface area contributed by atoms with E-state index in [9.17, 15) is 8.78 Å². The van der Waals surface area contributed by atoms with Crippen molar-refractivity contribution in [1.82, 2.24) is 5.32 Å². The first kappa shape index (κ1) is 14.0. The fourth-order valence-corrected chi connectivity index (χ4v) is 2.80. The van der Waals surface area contributed by atoms with Crippen LogP contribution in [0.25, 0.3) is 0 Å². The third kappa shape index (κ3) is 2.63. The lowest BCUT2D eigenvalue weighted by atomic mass is 9.95. The van der Waals surface area contributed by atoms with E-state index in [1.807, 2.05) is 25.1 Å². The molecular formula is C17H17F2NO. The highest BCUT2D eigenvalue weighted by Crippen LogP contribution is 2.37. The van der Waals surface area contributed by atoms with Crippen molar-refractivity contribution in [1.29, 1.82) is 0 Å². The quantitative estimate of drug-likeness (QED) is 0.928. The van der Waals surface area contributed by atoms with Crippen LogP contribution in [0.15, 0.2) is 36.4 Å². The average Bonchev–Trinajstić information content (AvgIpc) is 2.96. The van der Waals surface area contributed by atoms with Crippen molar-refractivity contribution in [3.63, 3.8) is 0 Å². The average molecular weight is 289 g/mol. The van der Waals surface area contributed by atoms with E-state index in [4.69, 9.17) is 4.74 Å². The normalized spacial score (nSPS) is 14.6. The number of benzene rings is 2. The molecule has 0 amide bonds. The summed E-state index contributed by atoms with van der Waals surface area (Å²) >= 11 is 0. The first-order valence-corrected chi connectivity index (χ1v) is 7.13. The van der Waals surface area contributed by atoms with E-state index in [2.05, 4.69) is 5.32 Å². The maximum absolute atomic E-state index is 14.1. The van der Waals surface area contributed by atoms with E-state index in [1.54, 1.807) is 0 Å². The molecule has 0 fully saturated rings. The van der Waals surface area contributed by atoms with Crippen LogP contribution in [0, 0.1) is 11.6 Å². The van der Waals surface area contributed by atoms with E-state index in [1.165, 1.54) is 12.1 Å². The predicted molar refractivity (Wildman–Crippen MR) is 77.5 cm³/mol. The van der Waals surface area contributed by atoms with Crippen LogP contribution in [0.3, 0.4) is 0 Å². The highest BCUT2D eigenvalue weighted by atomic mass is 19.1. The van der Waals surface area contributed by atoms with Gasteiger partial charge in [0.1, 0.15) is 17.4 Å². The molecule has 4 heteroatoms. The van der Waals surface area contributed by atoms with Crippen LogP contribution in [-0.2, 0) is 6.42 Å². The molecule has 1 heterocycles. The number of hydrogen-bond acceptors (Lipinski definition) is 2. The Morgan fingerprint density at radius 1 is 1.19 bits per heavy atom. The van der Waals surface area contributed by atoms with E-state index < -0.39 is 17.7 Å². The summed E-state index contributed by atoms with van der Waals surface area (Å²) < 4.78 is 33.3. The standard InChI is InChI=1S/C17H17F2NO/c1-2-20-16(14-10-12(18)6-7-15(14)19)13-5-3-4-11-8-9-21-17(11)13/h3-7,10,16,20H,2,8-9H2,1H3. The van der Waals surface area contributed by atoms with Crippen molar-refractivity contribution in [2.75, 3.05) is 13.2 Å². The fourth-order valence-electron chi connectivity index (χ4n) is 2.80. The molecule has 1 unspecified atom stereocenters. The molecule has 0 aliphatic carbocycles. The van der Waals surface area contributed by atoms with Crippen LogP contribution in [0.4, 0.5) is 8.78 Å². The summed E-state index contributed by atoms with van der Waals surface area (Å²) in [5.41, 5.74) is 2.28. The Balaban J connectivity index is 2.10. The number of nitrogens with one attached hydrogen (secondary N) is 1. The van der Waals surface area contributed by atoms with Gasteiger partial charge in [-0.25, -0.2) is 8.78 Å². The first-order valence-electron chi connectivity index (χ1n) is 7.13. The van der Waals surface area contributed by atoms with Gasteiger partial charge in [0.05, 0.1) is 12.6 Å². The van der Waals surface area contributed by atoms with Gasteiger partial charge in [0.25, 0.3) is 0 Å². The van der Waals surface area contributed by atoms with Crippen molar-refractivity contribution in [2.45, 2.75) is 19.4 Å². The molecule has 0 saturated heterocycles. The maximum atomic E-state index is 14.1. The molecule has 0 spiro atoms. The van der Waals surface area contributed by atoms with Crippen LogP contribution in [0.5, 0.6) is 5.75 Å². The molecule has 2 nitrogen and oxygen atoms in total. The Labute approximate surface area is 122 Å². The third-order valence-electron chi connectivity index (χ3n) is 3.73. The molecule has 1 atom stereocenters. The monoisotopic (exact) mass is 289 g/mol. The van der Waals surface area contributed by atoms with Crippen LogP contribution >= 0.6 is 0 Å². The Morgan fingerprint density at radius 3 is 2.86 bits per heavy atom. The Bertz CT molecular complexity index is 657. The number of rotatable bonds is 4. The number of para-hydroxylation sites is 1. The second-order valence-corrected chi connectivity index (χ2v) is 5.09. The van der Waals surface area contributed by atoms with Crippen molar-refractivity contribution in [3.05, 3.63) is 64.7 Å². The van der Waals surface area contributed by atoms with Crippen molar-refractivity contribution in [3.8, 4) is 5.75 Å². The van der Waals surface area contributed by atoms with Crippen LogP contribution in [0.1, 0.15) is 29.7 Å². The Hall–Kier alpha value is -1.94. The number of fused-ring (bicyclic) bond motifs is 1. The van der Waals surface area contributed by atoms with E-state index in [-0.39, 0.29) is 0 Å². The number of ether oxygens (including phenoxy) is 1. The van der Waals surface area contributed by atoms with Gasteiger partial charge < -0.3 is 10.1 Å². The molecule has 2 aromatic rings. The third-order valence-corrected chi connectivity index (χ3v) is 3.73. The summed E-state index contributed by atoms with van der Waals surface area (Å²) in [5, 5.41) is 3.23. The molecule has 3 rings (SSSR count). The SMILES string of the molecule is CCNC(c1cc(F)ccc1F)c1cccc2c1OCC2. The van der Waals surface area contributed by atoms with Gasteiger partial charge in [-0.05, 0) is 30.3 Å². The molecule has 1 N–H and O–H groups in total. The molecule has 0 saturated carbocycles. The van der Waals surface area contributed by atoms with Gasteiger partial charge in [0, 0.05) is 17.5 Å². The Kier molecular flexibility index (Phi) is 3.88.